The molecule has 2 aromatic carbocycles. The van der Waals surface area contributed by atoms with Crippen LogP contribution in [-0.4, -0.2) is 49.9 Å². The van der Waals surface area contributed by atoms with Gasteiger partial charge in [0.1, 0.15) is 17.6 Å². The molecule has 0 saturated carbocycles. The predicted octanol–water partition coefficient (Wildman–Crippen LogP) is 4.09. The Kier molecular flexibility index (Phi) is 7.20. The van der Waals surface area contributed by atoms with Crippen LogP contribution in [0.5, 0.6) is 5.75 Å². The Morgan fingerprint density at radius 2 is 2.03 bits per heavy atom. The Bertz CT molecular complexity index is 1570. The van der Waals surface area contributed by atoms with E-state index in [4.69, 9.17) is 13.9 Å². The predicted molar refractivity (Wildman–Crippen MR) is 144 cm³/mol. The van der Waals surface area contributed by atoms with Crippen LogP contribution in [0.4, 0.5) is 0 Å². The van der Waals surface area contributed by atoms with Gasteiger partial charge in [0.15, 0.2) is 5.82 Å². The van der Waals surface area contributed by atoms with Gasteiger partial charge in [-0.3, -0.25) is 9.69 Å². The van der Waals surface area contributed by atoms with Crippen molar-refractivity contribution in [3.05, 3.63) is 106 Å². The van der Waals surface area contributed by atoms with Crippen LogP contribution in [0.3, 0.4) is 0 Å². The normalized spacial score (nSPS) is 16.2. The van der Waals surface area contributed by atoms with Gasteiger partial charge in [0.25, 0.3) is 5.56 Å². The minimum absolute atomic E-state index is 0.0275. The second kappa shape index (κ2) is 11.2. The van der Waals surface area contributed by atoms with Gasteiger partial charge in [0.2, 0.25) is 0 Å². The summed E-state index contributed by atoms with van der Waals surface area (Å²) in [6, 6.07) is 20.8. The number of aromatic nitrogens is 5. The SMILES string of the molecule is COc1ccc2[nH]c(=O)c([C@H](c3nnnn3C[C@@H]3CCCO3)N(Cc3ccccc3)Cc3ccco3)cc2c1. The lowest BCUT2D eigenvalue weighted by atomic mass is 10.0. The first-order valence-corrected chi connectivity index (χ1v) is 13.1. The quantitative estimate of drug-likeness (QED) is 0.290. The van der Waals surface area contributed by atoms with Crippen LogP contribution in [0.15, 0.2) is 82.2 Å². The minimum Gasteiger partial charge on any atom is -0.497 e. The summed E-state index contributed by atoms with van der Waals surface area (Å²) in [5.74, 6) is 2.05. The average molecular weight is 527 g/mol. The zero-order chi connectivity index (χ0) is 26.6. The fraction of sp³-hybridized carbons (Fsp3) is 0.310. The summed E-state index contributed by atoms with van der Waals surface area (Å²) in [6.07, 6.45) is 3.64. The lowest BCUT2D eigenvalue weighted by molar-refractivity contribution is 0.0901. The molecule has 1 N–H and O–H groups in total. The van der Waals surface area contributed by atoms with Crippen LogP contribution >= 0.6 is 0 Å². The molecule has 39 heavy (non-hydrogen) atoms. The van der Waals surface area contributed by atoms with Crippen molar-refractivity contribution >= 4 is 10.9 Å². The van der Waals surface area contributed by atoms with E-state index in [2.05, 4.69) is 37.5 Å². The molecule has 1 aliphatic heterocycles. The van der Waals surface area contributed by atoms with Crippen molar-refractivity contribution in [2.24, 2.45) is 0 Å². The van der Waals surface area contributed by atoms with E-state index >= 15 is 0 Å². The molecule has 0 radical (unpaired) electrons. The van der Waals surface area contributed by atoms with Crippen molar-refractivity contribution in [1.82, 2.24) is 30.1 Å². The van der Waals surface area contributed by atoms with Crippen LogP contribution < -0.4 is 10.3 Å². The molecule has 3 aromatic heterocycles. The monoisotopic (exact) mass is 526 g/mol. The molecule has 0 spiro atoms. The van der Waals surface area contributed by atoms with Gasteiger partial charge >= 0.3 is 0 Å². The van der Waals surface area contributed by atoms with Crippen LogP contribution in [0.25, 0.3) is 10.9 Å². The summed E-state index contributed by atoms with van der Waals surface area (Å²) >= 11 is 0. The fourth-order valence-corrected chi connectivity index (χ4v) is 5.21. The van der Waals surface area contributed by atoms with Crippen molar-refractivity contribution in [1.29, 1.82) is 0 Å². The zero-order valence-corrected chi connectivity index (χ0v) is 21.7. The fourth-order valence-electron chi connectivity index (χ4n) is 5.21. The highest BCUT2D eigenvalue weighted by Gasteiger charge is 2.32. The maximum atomic E-state index is 13.7. The number of methoxy groups -OCH3 is 1. The first kappa shape index (κ1) is 25.0. The van der Waals surface area contributed by atoms with E-state index in [1.165, 1.54) is 0 Å². The molecule has 6 rings (SSSR count). The van der Waals surface area contributed by atoms with Gasteiger partial charge in [-0.2, -0.15) is 0 Å². The number of pyridine rings is 1. The molecule has 200 valence electrons. The maximum absolute atomic E-state index is 13.7. The average Bonchev–Trinajstić information content (AvgIpc) is 3.75. The number of furan rings is 1. The van der Waals surface area contributed by atoms with E-state index in [0.717, 1.165) is 41.7 Å². The Balaban J connectivity index is 1.50. The summed E-state index contributed by atoms with van der Waals surface area (Å²) < 4.78 is 18.9. The lowest BCUT2D eigenvalue weighted by Crippen LogP contribution is -2.35. The second-order valence-corrected chi connectivity index (χ2v) is 9.73. The summed E-state index contributed by atoms with van der Waals surface area (Å²) in [5.41, 5.74) is 2.14. The lowest BCUT2D eigenvalue weighted by Gasteiger charge is -2.30. The highest BCUT2D eigenvalue weighted by molar-refractivity contribution is 5.80. The molecule has 0 aliphatic carbocycles. The van der Waals surface area contributed by atoms with E-state index in [-0.39, 0.29) is 11.7 Å². The van der Waals surface area contributed by atoms with E-state index in [9.17, 15) is 4.79 Å². The van der Waals surface area contributed by atoms with Gasteiger partial charge in [-0.05, 0) is 65.2 Å². The molecule has 2 atom stereocenters. The number of aromatic amines is 1. The van der Waals surface area contributed by atoms with Crippen molar-refractivity contribution in [3.8, 4) is 5.75 Å². The van der Waals surface area contributed by atoms with Crippen LogP contribution in [0, 0.1) is 0 Å². The van der Waals surface area contributed by atoms with Crippen LogP contribution in [0.1, 0.15) is 41.6 Å². The van der Waals surface area contributed by atoms with Gasteiger partial charge in [0.05, 0.1) is 32.6 Å². The third-order valence-electron chi connectivity index (χ3n) is 7.11. The van der Waals surface area contributed by atoms with Crippen molar-refractivity contribution in [3.63, 3.8) is 0 Å². The Morgan fingerprint density at radius 3 is 2.79 bits per heavy atom. The number of nitrogens with one attached hydrogen (secondary N) is 1. The summed E-state index contributed by atoms with van der Waals surface area (Å²) in [5, 5.41) is 13.7. The van der Waals surface area contributed by atoms with Crippen LogP contribution in [0.2, 0.25) is 0 Å². The molecule has 10 heteroatoms. The van der Waals surface area contributed by atoms with E-state index in [1.807, 2.05) is 54.6 Å². The largest absolute Gasteiger partial charge is 0.497 e. The summed E-state index contributed by atoms with van der Waals surface area (Å²) in [7, 11) is 1.63. The molecular formula is C29H30N6O4. The van der Waals surface area contributed by atoms with Gasteiger partial charge in [0, 0.05) is 29.6 Å². The molecule has 0 amide bonds. The number of fused-ring (bicyclic) bond motifs is 1. The third kappa shape index (κ3) is 5.47. The molecule has 1 fully saturated rings. The number of hydrogen-bond donors (Lipinski definition) is 1. The molecule has 10 nitrogen and oxygen atoms in total. The third-order valence-corrected chi connectivity index (χ3v) is 7.11. The number of hydrogen-bond acceptors (Lipinski definition) is 8. The zero-order valence-electron chi connectivity index (χ0n) is 21.7. The van der Waals surface area contributed by atoms with E-state index in [1.54, 1.807) is 18.1 Å². The molecular weight excluding hydrogens is 496 g/mol. The first-order chi connectivity index (χ1) is 19.2. The molecule has 4 heterocycles. The number of nitrogens with zero attached hydrogens (tertiary/aromatic N) is 5. The standard InChI is InChI=1S/C29H30N6O4/c1-37-22-11-12-26-21(15-22)16-25(29(36)30-26)27(28-31-32-33-35(28)19-24-10-6-14-39-24)34(18-23-9-5-13-38-23)17-20-7-3-2-4-8-20/h2-5,7-9,11-13,15-16,24,27H,6,10,14,17-19H2,1H3,(H,30,36)/t24-,27+/m0/s1. The van der Waals surface area contributed by atoms with Gasteiger partial charge in [-0.25, -0.2) is 4.68 Å². The van der Waals surface area contributed by atoms with Crippen molar-refractivity contribution < 1.29 is 13.9 Å². The van der Waals surface area contributed by atoms with Crippen molar-refractivity contribution in [2.45, 2.75) is 44.6 Å². The van der Waals surface area contributed by atoms with Gasteiger partial charge in [-0.15, -0.1) is 5.10 Å². The van der Waals surface area contributed by atoms with E-state index < -0.39 is 6.04 Å². The second-order valence-electron chi connectivity index (χ2n) is 9.73. The Morgan fingerprint density at radius 1 is 1.13 bits per heavy atom. The smallest absolute Gasteiger partial charge is 0.253 e. The van der Waals surface area contributed by atoms with Crippen LogP contribution in [-0.2, 0) is 24.4 Å². The highest BCUT2D eigenvalue weighted by atomic mass is 16.5. The number of rotatable bonds is 10. The molecule has 5 aromatic rings. The highest BCUT2D eigenvalue weighted by Crippen LogP contribution is 2.31. The summed E-state index contributed by atoms with van der Waals surface area (Å²) in [6.45, 7) is 2.22. The van der Waals surface area contributed by atoms with E-state index in [0.29, 0.717) is 36.8 Å². The van der Waals surface area contributed by atoms with Gasteiger partial charge in [-0.1, -0.05) is 30.3 Å². The number of tetrazole rings is 1. The Hall–Kier alpha value is -4.28. The topological polar surface area (TPSA) is 111 Å². The Labute approximate surface area is 225 Å². The van der Waals surface area contributed by atoms with Gasteiger partial charge < -0.3 is 18.9 Å². The number of H-pyrrole nitrogens is 1. The number of benzene rings is 2. The summed E-state index contributed by atoms with van der Waals surface area (Å²) in [4.78, 5) is 18.9. The van der Waals surface area contributed by atoms with Crippen molar-refractivity contribution in [2.75, 3.05) is 13.7 Å². The molecule has 0 unspecified atom stereocenters. The first-order valence-electron chi connectivity index (χ1n) is 13.1. The maximum Gasteiger partial charge on any atom is 0.253 e. The molecule has 0 bridgehead atoms. The molecule has 1 aliphatic rings. The number of ether oxygens (including phenoxy) is 2. The minimum atomic E-state index is -0.578. The molecule has 1 saturated heterocycles.